The lowest BCUT2D eigenvalue weighted by molar-refractivity contribution is -0.138. The van der Waals surface area contributed by atoms with Crippen molar-refractivity contribution in [2.45, 2.75) is 18.0 Å². The van der Waals surface area contributed by atoms with Gasteiger partial charge in [-0.05, 0) is 18.2 Å². The molecule has 164 valence electrons. The number of halogens is 4. The van der Waals surface area contributed by atoms with Crippen molar-refractivity contribution in [3.8, 4) is 11.3 Å². The van der Waals surface area contributed by atoms with Crippen LogP contribution in [-0.4, -0.2) is 39.8 Å². The third-order valence-corrected chi connectivity index (χ3v) is 6.92. The molecule has 0 atom stereocenters. The van der Waals surface area contributed by atoms with E-state index in [2.05, 4.69) is 20.1 Å². The highest BCUT2D eigenvalue weighted by Gasteiger charge is 2.35. The van der Waals surface area contributed by atoms with Gasteiger partial charge in [0.25, 0.3) is 5.91 Å². The first-order valence-electron chi connectivity index (χ1n) is 8.48. The van der Waals surface area contributed by atoms with Gasteiger partial charge in [0.1, 0.15) is 10.8 Å². The smallest absolute Gasteiger partial charge is 0.265 e. The molecule has 0 unspecified atom stereocenters. The maximum absolute atomic E-state index is 12.8. The van der Waals surface area contributed by atoms with Crippen molar-refractivity contribution in [1.82, 2.24) is 19.7 Å². The summed E-state index contributed by atoms with van der Waals surface area (Å²) in [7, 11) is -2.75. The van der Waals surface area contributed by atoms with Crippen LogP contribution in [0.2, 0.25) is 5.15 Å². The van der Waals surface area contributed by atoms with Crippen molar-refractivity contribution >= 4 is 38.7 Å². The lowest BCUT2D eigenvalue weighted by Gasteiger charge is -2.08. The summed E-state index contributed by atoms with van der Waals surface area (Å²) in [6, 6.07) is 5.92. The molecule has 0 spiro atoms. The average molecular weight is 492 g/mol. The topological polar surface area (TPSA) is 107 Å². The fraction of sp³-hybridized carbons (Fsp3) is 0.235. The summed E-state index contributed by atoms with van der Waals surface area (Å²) in [4.78, 5) is 23.5. The van der Waals surface area contributed by atoms with Gasteiger partial charge in [0, 0.05) is 18.8 Å². The van der Waals surface area contributed by atoms with E-state index in [4.69, 9.17) is 11.6 Å². The number of nitrogens with zero attached hydrogens (tertiary/aromatic N) is 5. The minimum atomic E-state index is -4.71. The van der Waals surface area contributed by atoms with Crippen molar-refractivity contribution in [2.75, 3.05) is 5.75 Å². The largest absolute Gasteiger partial charge is 0.445 e. The van der Waals surface area contributed by atoms with Crippen molar-refractivity contribution < 1.29 is 26.4 Å². The number of pyridine rings is 2. The summed E-state index contributed by atoms with van der Waals surface area (Å²) in [5.74, 6) is -1.46. The predicted molar refractivity (Wildman–Crippen MR) is 106 cm³/mol. The molecule has 0 N–H and O–H groups in total. The summed E-state index contributed by atoms with van der Waals surface area (Å²) in [6.45, 7) is 1.38. The molecule has 3 aromatic rings. The molecule has 0 saturated heterocycles. The zero-order valence-corrected chi connectivity index (χ0v) is 18.3. The normalized spacial score (nSPS) is 12.9. The maximum atomic E-state index is 12.8. The van der Waals surface area contributed by atoms with Crippen LogP contribution in [-0.2, 0) is 23.1 Å². The summed E-state index contributed by atoms with van der Waals surface area (Å²) < 4.78 is 64.5. The maximum Gasteiger partial charge on any atom is 0.445 e. The second kappa shape index (κ2) is 8.48. The van der Waals surface area contributed by atoms with Crippen molar-refractivity contribution in [3.05, 3.63) is 51.1 Å². The molecule has 0 aliphatic heterocycles. The van der Waals surface area contributed by atoms with Crippen LogP contribution in [0.4, 0.5) is 13.2 Å². The van der Waals surface area contributed by atoms with E-state index >= 15 is 0 Å². The number of hydrogen-bond acceptors (Lipinski definition) is 7. The van der Waals surface area contributed by atoms with Crippen molar-refractivity contribution in [2.24, 2.45) is 12.0 Å². The third-order valence-electron chi connectivity index (χ3n) is 3.93. The molecule has 0 aliphatic rings. The van der Waals surface area contributed by atoms with E-state index in [-0.39, 0.29) is 32.6 Å². The average Bonchev–Trinajstić information content (AvgIpc) is 3.08. The van der Waals surface area contributed by atoms with Gasteiger partial charge in [0.05, 0.1) is 16.3 Å². The number of aromatic nitrogens is 4. The Morgan fingerprint density at radius 3 is 2.61 bits per heavy atom. The van der Waals surface area contributed by atoms with Gasteiger partial charge in [-0.1, -0.05) is 35.9 Å². The zero-order chi connectivity index (χ0) is 23.0. The first kappa shape index (κ1) is 23.0. The molecule has 0 radical (unpaired) electrons. The number of amides is 1. The lowest BCUT2D eigenvalue weighted by atomic mass is 10.2. The summed E-state index contributed by atoms with van der Waals surface area (Å²) in [5.41, 5.74) is 0.0931. The number of aryl methyl sites for hydroxylation is 1. The second-order valence-electron chi connectivity index (χ2n) is 6.05. The standard InChI is InChI=1S/C17H13ClF3N5O3S2/c1-3-31(28,29)11-7-9(10-5-4-6-12(18)23-10)8-22-13(11)14(27)24-16-26(2)25-15(30-16)17(19,20)21/h4-8H,3H2,1-2H3/b24-16-. The van der Waals surface area contributed by atoms with Gasteiger partial charge >= 0.3 is 6.18 Å². The van der Waals surface area contributed by atoms with Gasteiger partial charge < -0.3 is 0 Å². The first-order valence-corrected chi connectivity index (χ1v) is 11.3. The van der Waals surface area contributed by atoms with Gasteiger partial charge in [-0.25, -0.2) is 23.1 Å². The molecule has 3 heterocycles. The van der Waals surface area contributed by atoms with Crippen molar-refractivity contribution in [1.29, 1.82) is 0 Å². The number of sulfone groups is 1. The van der Waals surface area contributed by atoms with Gasteiger partial charge in [0.2, 0.25) is 9.81 Å². The molecule has 0 aromatic carbocycles. The first-order chi connectivity index (χ1) is 14.4. The molecule has 0 fully saturated rings. The summed E-state index contributed by atoms with van der Waals surface area (Å²) in [6.07, 6.45) is -3.50. The van der Waals surface area contributed by atoms with Gasteiger partial charge in [0.15, 0.2) is 9.84 Å². The fourth-order valence-electron chi connectivity index (χ4n) is 2.41. The zero-order valence-electron chi connectivity index (χ0n) is 15.9. The van der Waals surface area contributed by atoms with E-state index < -0.39 is 37.5 Å². The molecule has 3 rings (SSSR count). The van der Waals surface area contributed by atoms with Gasteiger partial charge in [-0.2, -0.15) is 23.3 Å². The number of rotatable bonds is 4. The monoisotopic (exact) mass is 491 g/mol. The number of carbonyl (C=O) groups is 1. The fourth-order valence-corrected chi connectivity index (χ4v) is 4.38. The Morgan fingerprint density at radius 2 is 2.03 bits per heavy atom. The molecular weight excluding hydrogens is 479 g/mol. The van der Waals surface area contributed by atoms with Crippen molar-refractivity contribution in [3.63, 3.8) is 0 Å². The van der Waals surface area contributed by atoms with Crippen LogP contribution in [0.25, 0.3) is 11.3 Å². The molecule has 14 heteroatoms. The molecular formula is C17H13ClF3N5O3S2. The van der Waals surface area contributed by atoms with E-state index in [1.165, 1.54) is 32.3 Å². The molecule has 0 aliphatic carbocycles. The van der Waals surface area contributed by atoms with Crippen LogP contribution in [0.1, 0.15) is 22.4 Å². The third kappa shape index (κ3) is 4.99. The minimum Gasteiger partial charge on any atom is -0.265 e. The molecule has 8 nitrogen and oxygen atoms in total. The Labute approximate surface area is 183 Å². The van der Waals surface area contributed by atoms with E-state index in [1.54, 1.807) is 12.1 Å². The minimum absolute atomic E-state index is 0.148. The van der Waals surface area contributed by atoms with Crippen LogP contribution < -0.4 is 4.80 Å². The van der Waals surface area contributed by atoms with Crippen LogP contribution >= 0.6 is 22.9 Å². The van der Waals surface area contributed by atoms with Gasteiger partial charge in [-0.15, -0.1) is 0 Å². The Morgan fingerprint density at radius 1 is 1.32 bits per heavy atom. The van der Waals surface area contributed by atoms with E-state index in [0.717, 1.165) is 4.68 Å². The summed E-state index contributed by atoms with van der Waals surface area (Å²) >= 11 is 6.01. The van der Waals surface area contributed by atoms with Gasteiger partial charge in [-0.3, -0.25) is 4.79 Å². The number of carbonyl (C=O) groups excluding carboxylic acids is 1. The highest BCUT2D eigenvalue weighted by Crippen LogP contribution is 2.29. The highest BCUT2D eigenvalue weighted by molar-refractivity contribution is 7.91. The molecule has 1 amide bonds. The van der Waals surface area contributed by atoms with E-state index in [9.17, 15) is 26.4 Å². The highest BCUT2D eigenvalue weighted by atomic mass is 35.5. The van der Waals surface area contributed by atoms with E-state index in [0.29, 0.717) is 5.69 Å². The van der Waals surface area contributed by atoms with Crippen LogP contribution in [0.15, 0.2) is 40.4 Å². The Bertz CT molecular complexity index is 1330. The second-order valence-corrected chi connectivity index (χ2v) is 9.64. The lowest BCUT2D eigenvalue weighted by Crippen LogP contribution is -2.18. The summed E-state index contributed by atoms with van der Waals surface area (Å²) in [5, 5.41) is 2.26. The SMILES string of the molecule is CCS(=O)(=O)c1cc(-c2cccc(Cl)n2)cnc1C(=O)/N=c1\sc(C(F)(F)F)nn1C. The molecule has 0 saturated carbocycles. The predicted octanol–water partition coefficient (Wildman–Crippen LogP) is 3.15. The van der Waals surface area contributed by atoms with Crippen LogP contribution in [0.3, 0.4) is 0 Å². The molecule has 0 bridgehead atoms. The Balaban J connectivity index is 2.15. The quantitative estimate of drug-likeness (QED) is 0.519. The van der Waals surface area contributed by atoms with E-state index in [1.807, 2.05) is 0 Å². The number of alkyl halides is 3. The Kier molecular flexibility index (Phi) is 6.30. The molecule has 31 heavy (non-hydrogen) atoms. The van der Waals surface area contributed by atoms with Crippen LogP contribution in [0, 0.1) is 0 Å². The number of hydrogen-bond donors (Lipinski definition) is 0. The Hall–Kier alpha value is -2.64. The van der Waals surface area contributed by atoms with Crippen LogP contribution in [0.5, 0.6) is 0 Å². The molecule has 3 aromatic heterocycles.